The lowest BCUT2D eigenvalue weighted by Crippen LogP contribution is -2.23. The number of carbonyl (C=O) groups is 1. The van der Waals surface area contributed by atoms with Gasteiger partial charge in [0, 0.05) is 5.92 Å². The van der Waals surface area contributed by atoms with E-state index in [9.17, 15) is 4.79 Å². The van der Waals surface area contributed by atoms with Crippen LogP contribution in [0.3, 0.4) is 0 Å². The highest BCUT2D eigenvalue weighted by molar-refractivity contribution is 5.83. The molecule has 1 saturated carbocycles. The smallest absolute Gasteiger partial charge is 0.243 e. The molecule has 0 radical (unpaired) electrons. The summed E-state index contributed by atoms with van der Waals surface area (Å²) in [5, 5.41) is 0. The van der Waals surface area contributed by atoms with E-state index in [0.717, 1.165) is 18.7 Å². The zero-order valence-corrected chi connectivity index (χ0v) is 8.95. The second kappa shape index (κ2) is 6.40. The minimum Gasteiger partial charge on any atom is -0.387 e. The molecule has 1 aliphatic rings. The number of amides is 1. The highest BCUT2D eigenvalue weighted by Gasteiger charge is 2.17. The molecule has 1 rings (SSSR count). The molecule has 0 aromatic carbocycles. The monoisotopic (exact) mass is 213 g/mol. The fourth-order valence-electron chi connectivity index (χ4n) is 1.76. The van der Waals surface area contributed by atoms with Crippen molar-refractivity contribution in [3.63, 3.8) is 0 Å². The van der Waals surface area contributed by atoms with Crippen molar-refractivity contribution in [3.05, 3.63) is 0 Å². The van der Waals surface area contributed by atoms with E-state index in [1.807, 2.05) is 0 Å². The molecule has 0 saturated heterocycles. The van der Waals surface area contributed by atoms with Gasteiger partial charge in [-0.2, -0.15) is 0 Å². The van der Waals surface area contributed by atoms with Gasteiger partial charge in [-0.3, -0.25) is 9.79 Å². The second-order valence-corrected chi connectivity index (χ2v) is 3.81. The van der Waals surface area contributed by atoms with Gasteiger partial charge in [-0.05, 0) is 12.8 Å². The Bertz CT molecular complexity index is 235. The summed E-state index contributed by atoms with van der Waals surface area (Å²) in [6.07, 6.45) is 4.80. The van der Waals surface area contributed by atoms with Gasteiger partial charge < -0.3 is 16.2 Å². The maximum atomic E-state index is 10.3. The molecule has 15 heavy (non-hydrogen) atoms. The average Bonchev–Trinajstić information content (AvgIpc) is 2.69. The Hall–Kier alpha value is -1.10. The minimum absolute atomic E-state index is 0.0428. The first-order valence-electron chi connectivity index (χ1n) is 5.36. The van der Waals surface area contributed by atoms with E-state index in [-0.39, 0.29) is 6.61 Å². The maximum Gasteiger partial charge on any atom is 0.243 e. The van der Waals surface area contributed by atoms with Crippen LogP contribution in [0.25, 0.3) is 0 Å². The standard InChI is InChI=1S/C10H19N3O2/c11-9(14)7-15-6-5-13-10(12)8-3-1-2-4-8/h8H,1-7H2,(H2,11,14)(H2,12,13). The number of aliphatic imine (C=N–C) groups is 1. The van der Waals surface area contributed by atoms with Crippen LogP contribution in [-0.2, 0) is 9.53 Å². The van der Waals surface area contributed by atoms with Gasteiger partial charge in [0.2, 0.25) is 5.91 Å². The van der Waals surface area contributed by atoms with E-state index >= 15 is 0 Å². The quantitative estimate of drug-likeness (QED) is 0.370. The number of primary amides is 1. The van der Waals surface area contributed by atoms with Crippen molar-refractivity contribution in [2.45, 2.75) is 25.7 Å². The van der Waals surface area contributed by atoms with Crippen LogP contribution in [0.1, 0.15) is 25.7 Å². The van der Waals surface area contributed by atoms with Gasteiger partial charge in [-0.1, -0.05) is 12.8 Å². The summed E-state index contributed by atoms with van der Waals surface area (Å²) in [7, 11) is 0. The van der Waals surface area contributed by atoms with Crippen LogP contribution >= 0.6 is 0 Å². The molecule has 0 unspecified atom stereocenters. The number of ether oxygens (including phenoxy) is 1. The van der Waals surface area contributed by atoms with E-state index in [0.29, 0.717) is 19.1 Å². The van der Waals surface area contributed by atoms with Crippen LogP contribution in [-0.4, -0.2) is 31.5 Å². The zero-order chi connectivity index (χ0) is 11.1. The molecule has 5 nitrogen and oxygen atoms in total. The molecular weight excluding hydrogens is 194 g/mol. The zero-order valence-electron chi connectivity index (χ0n) is 8.95. The summed E-state index contributed by atoms with van der Waals surface area (Å²) in [5.41, 5.74) is 10.7. The average molecular weight is 213 g/mol. The Balaban J connectivity index is 2.11. The fraction of sp³-hybridized carbons (Fsp3) is 0.800. The van der Waals surface area contributed by atoms with E-state index in [2.05, 4.69) is 4.99 Å². The molecule has 1 amide bonds. The molecule has 0 aromatic rings. The Morgan fingerprint density at radius 3 is 2.60 bits per heavy atom. The number of rotatable bonds is 6. The highest BCUT2D eigenvalue weighted by Crippen LogP contribution is 2.24. The molecular formula is C10H19N3O2. The first-order valence-corrected chi connectivity index (χ1v) is 5.36. The lowest BCUT2D eigenvalue weighted by Gasteiger charge is -2.07. The number of nitrogens with zero attached hydrogens (tertiary/aromatic N) is 1. The van der Waals surface area contributed by atoms with Gasteiger partial charge in [-0.15, -0.1) is 0 Å². The Labute approximate surface area is 89.9 Å². The molecule has 0 heterocycles. The van der Waals surface area contributed by atoms with Gasteiger partial charge in [0.05, 0.1) is 19.0 Å². The van der Waals surface area contributed by atoms with Crippen LogP contribution in [0.5, 0.6) is 0 Å². The normalized spacial score (nSPS) is 18.3. The first-order chi connectivity index (χ1) is 7.20. The molecule has 1 fully saturated rings. The number of hydrogen-bond donors (Lipinski definition) is 2. The summed E-state index contributed by atoms with van der Waals surface area (Å²) in [6, 6.07) is 0. The van der Waals surface area contributed by atoms with Crippen molar-refractivity contribution < 1.29 is 9.53 Å². The summed E-state index contributed by atoms with van der Waals surface area (Å²) >= 11 is 0. The van der Waals surface area contributed by atoms with Crippen LogP contribution in [0.15, 0.2) is 4.99 Å². The van der Waals surface area contributed by atoms with Crippen LogP contribution < -0.4 is 11.5 Å². The summed E-state index contributed by atoms with van der Waals surface area (Å²) in [5.74, 6) is 0.735. The van der Waals surface area contributed by atoms with E-state index < -0.39 is 5.91 Å². The molecule has 0 atom stereocenters. The lowest BCUT2D eigenvalue weighted by atomic mass is 10.1. The number of hydrogen-bond acceptors (Lipinski definition) is 3. The molecule has 1 aliphatic carbocycles. The molecule has 4 N–H and O–H groups in total. The molecule has 5 heteroatoms. The van der Waals surface area contributed by atoms with Crippen molar-refractivity contribution in [2.24, 2.45) is 22.4 Å². The van der Waals surface area contributed by atoms with E-state index in [1.165, 1.54) is 12.8 Å². The van der Waals surface area contributed by atoms with Gasteiger partial charge in [0.1, 0.15) is 6.61 Å². The maximum absolute atomic E-state index is 10.3. The van der Waals surface area contributed by atoms with E-state index in [4.69, 9.17) is 16.2 Å². The summed E-state index contributed by atoms with van der Waals surface area (Å²) in [6.45, 7) is 0.866. The lowest BCUT2D eigenvalue weighted by molar-refractivity contribution is -0.122. The van der Waals surface area contributed by atoms with Crippen molar-refractivity contribution in [2.75, 3.05) is 19.8 Å². The van der Waals surface area contributed by atoms with Crippen LogP contribution in [0.2, 0.25) is 0 Å². The first kappa shape index (κ1) is 12.0. The Morgan fingerprint density at radius 1 is 1.33 bits per heavy atom. The highest BCUT2D eigenvalue weighted by atomic mass is 16.5. The Morgan fingerprint density at radius 2 is 2.00 bits per heavy atom. The second-order valence-electron chi connectivity index (χ2n) is 3.81. The SMILES string of the molecule is NC(=O)COCCN=C(N)C1CCCC1. The largest absolute Gasteiger partial charge is 0.387 e. The minimum atomic E-state index is -0.456. The summed E-state index contributed by atoms with van der Waals surface area (Å²) in [4.78, 5) is 14.6. The van der Waals surface area contributed by atoms with Gasteiger partial charge in [0.25, 0.3) is 0 Å². The third-order valence-electron chi connectivity index (χ3n) is 2.55. The van der Waals surface area contributed by atoms with Gasteiger partial charge in [0.15, 0.2) is 0 Å². The molecule has 86 valence electrons. The topological polar surface area (TPSA) is 90.7 Å². The van der Waals surface area contributed by atoms with Crippen LogP contribution in [0, 0.1) is 5.92 Å². The third-order valence-corrected chi connectivity index (χ3v) is 2.55. The van der Waals surface area contributed by atoms with Crippen molar-refractivity contribution in [3.8, 4) is 0 Å². The van der Waals surface area contributed by atoms with Gasteiger partial charge in [-0.25, -0.2) is 0 Å². The van der Waals surface area contributed by atoms with E-state index in [1.54, 1.807) is 0 Å². The van der Waals surface area contributed by atoms with Gasteiger partial charge >= 0.3 is 0 Å². The number of nitrogens with two attached hydrogens (primary N) is 2. The Kier molecular flexibility index (Phi) is 5.10. The number of carbonyl (C=O) groups excluding carboxylic acids is 1. The van der Waals surface area contributed by atoms with Crippen molar-refractivity contribution >= 4 is 11.7 Å². The molecule has 0 bridgehead atoms. The van der Waals surface area contributed by atoms with Crippen LogP contribution in [0.4, 0.5) is 0 Å². The molecule has 0 spiro atoms. The fourth-order valence-corrected chi connectivity index (χ4v) is 1.76. The predicted octanol–water partition coefficient (Wildman–Crippen LogP) is 0.0357. The molecule has 0 aliphatic heterocycles. The van der Waals surface area contributed by atoms with Crippen molar-refractivity contribution in [1.29, 1.82) is 0 Å². The summed E-state index contributed by atoms with van der Waals surface area (Å²) < 4.78 is 4.97. The number of amidine groups is 1. The molecule has 0 aromatic heterocycles. The third kappa shape index (κ3) is 4.78. The predicted molar refractivity (Wildman–Crippen MR) is 58.5 cm³/mol. The van der Waals surface area contributed by atoms with Crippen molar-refractivity contribution in [1.82, 2.24) is 0 Å².